The van der Waals surface area contributed by atoms with Crippen molar-refractivity contribution < 1.29 is 14.3 Å². The number of allylic oxidation sites excluding steroid dienone is 1. The van der Waals surface area contributed by atoms with Crippen molar-refractivity contribution in [3.05, 3.63) is 93.2 Å². The third-order valence-corrected chi connectivity index (χ3v) is 7.68. The molecule has 0 spiro atoms. The van der Waals surface area contributed by atoms with Gasteiger partial charge in [0.1, 0.15) is 6.61 Å². The maximum atomic E-state index is 13.6. The SMILES string of the molecule is CC1=C(C(=O)OCc2ccccc2)[C@@H](c2cc(C)ccc2C)N2C(CC(=O)NCC3CC3)=CSC2=N1. The summed E-state index contributed by atoms with van der Waals surface area (Å²) in [5.41, 5.74) is 6.12. The number of thioether (sulfide) groups is 1. The number of amides is 1. The summed E-state index contributed by atoms with van der Waals surface area (Å²) in [6.45, 7) is 6.88. The second kappa shape index (κ2) is 10.3. The molecule has 0 aromatic heterocycles. The number of aliphatic imine (C=N–C) groups is 1. The smallest absolute Gasteiger partial charge is 0.338 e. The summed E-state index contributed by atoms with van der Waals surface area (Å²) < 4.78 is 5.80. The van der Waals surface area contributed by atoms with Crippen LogP contribution in [0.1, 0.15) is 54.5 Å². The first-order valence-electron chi connectivity index (χ1n) is 12.4. The average molecular weight is 502 g/mol. The molecule has 6 nitrogen and oxygen atoms in total. The van der Waals surface area contributed by atoms with Crippen LogP contribution in [0.2, 0.25) is 0 Å². The standard InChI is InChI=1S/C29H31N3O3S/c1-18-9-10-19(2)24(13-18)27-26(28(34)35-16-22-7-5-4-6-8-22)20(3)31-29-32(27)23(17-36-29)14-25(33)30-15-21-11-12-21/h4-10,13,17,21,27H,11-12,14-16H2,1-3H3,(H,30,33)/t27-/m1/s1. The first kappa shape index (κ1) is 24.4. The number of carbonyl (C=O) groups is 2. The number of ether oxygens (including phenoxy) is 1. The third kappa shape index (κ3) is 5.26. The monoisotopic (exact) mass is 501 g/mol. The number of esters is 1. The van der Waals surface area contributed by atoms with Gasteiger partial charge in [-0.2, -0.15) is 0 Å². The average Bonchev–Trinajstić information content (AvgIpc) is 3.63. The Balaban J connectivity index is 1.46. The molecule has 1 saturated carbocycles. The van der Waals surface area contributed by atoms with E-state index < -0.39 is 6.04 Å². The van der Waals surface area contributed by atoms with Crippen molar-refractivity contribution in [3.8, 4) is 0 Å². The van der Waals surface area contributed by atoms with E-state index in [1.807, 2.05) is 49.6 Å². The molecule has 2 heterocycles. The second-order valence-corrected chi connectivity index (χ2v) is 10.6. The molecule has 2 aliphatic heterocycles. The summed E-state index contributed by atoms with van der Waals surface area (Å²) in [6.07, 6.45) is 2.62. The fourth-order valence-corrected chi connectivity index (χ4v) is 5.55. The Bertz CT molecular complexity index is 1280. The predicted molar refractivity (Wildman–Crippen MR) is 143 cm³/mol. The summed E-state index contributed by atoms with van der Waals surface area (Å²) in [6, 6.07) is 15.5. The molecule has 0 saturated heterocycles. The van der Waals surface area contributed by atoms with E-state index in [0.29, 0.717) is 17.2 Å². The molecule has 36 heavy (non-hydrogen) atoms. The summed E-state index contributed by atoms with van der Waals surface area (Å²) in [4.78, 5) is 33.2. The highest BCUT2D eigenvalue weighted by atomic mass is 32.2. The Morgan fingerprint density at radius 3 is 2.64 bits per heavy atom. The topological polar surface area (TPSA) is 71.0 Å². The van der Waals surface area contributed by atoms with E-state index in [1.165, 1.54) is 24.6 Å². The molecule has 0 radical (unpaired) electrons. The van der Waals surface area contributed by atoms with Crippen molar-refractivity contribution in [2.24, 2.45) is 10.9 Å². The molecule has 1 fully saturated rings. The Morgan fingerprint density at radius 1 is 1.11 bits per heavy atom. The molecule has 1 amide bonds. The Hall–Kier alpha value is -3.32. The number of nitrogens with one attached hydrogen (secondary N) is 1. The number of carbonyl (C=O) groups excluding carboxylic acids is 2. The fraction of sp³-hybridized carbons (Fsp3) is 0.345. The highest BCUT2D eigenvalue weighted by molar-refractivity contribution is 8.16. The number of amidine groups is 1. The fourth-order valence-electron chi connectivity index (χ4n) is 4.59. The van der Waals surface area contributed by atoms with Gasteiger partial charge in [-0.3, -0.25) is 4.79 Å². The van der Waals surface area contributed by atoms with Gasteiger partial charge >= 0.3 is 5.97 Å². The van der Waals surface area contributed by atoms with Crippen LogP contribution in [0.3, 0.4) is 0 Å². The van der Waals surface area contributed by atoms with Crippen LogP contribution in [-0.2, 0) is 20.9 Å². The lowest BCUT2D eigenvalue weighted by Gasteiger charge is -2.37. The van der Waals surface area contributed by atoms with Gasteiger partial charge in [-0.1, -0.05) is 65.9 Å². The van der Waals surface area contributed by atoms with Crippen LogP contribution in [0.15, 0.2) is 75.9 Å². The minimum Gasteiger partial charge on any atom is -0.457 e. The van der Waals surface area contributed by atoms with Gasteiger partial charge in [0.2, 0.25) is 5.91 Å². The van der Waals surface area contributed by atoms with Gasteiger partial charge in [0.15, 0.2) is 5.17 Å². The van der Waals surface area contributed by atoms with E-state index in [4.69, 9.17) is 9.73 Å². The van der Waals surface area contributed by atoms with Crippen molar-refractivity contribution in [1.82, 2.24) is 10.2 Å². The van der Waals surface area contributed by atoms with E-state index in [2.05, 4.69) is 35.3 Å². The molecule has 0 unspecified atom stereocenters. The molecule has 186 valence electrons. The highest BCUT2D eigenvalue weighted by Crippen LogP contribution is 2.45. The number of aryl methyl sites for hydroxylation is 2. The first-order valence-corrected chi connectivity index (χ1v) is 13.3. The van der Waals surface area contributed by atoms with Crippen molar-refractivity contribution in [2.45, 2.75) is 52.7 Å². The van der Waals surface area contributed by atoms with Gasteiger partial charge in [-0.15, -0.1) is 0 Å². The normalized spacial score (nSPS) is 19.0. The van der Waals surface area contributed by atoms with Gasteiger partial charge in [-0.25, -0.2) is 9.79 Å². The zero-order chi connectivity index (χ0) is 25.2. The molecule has 3 aliphatic rings. The van der Waals surface area contributed by atoms with Gasteiger partial charge in [-0.05, 0) is 61.6 Å². The number of benzene rings is 2. The predicted octanol–water partition coefficient (Wildman–Crippen LogP) is 5.54. The van der Waals surface area contributed by atoms with Crippen molar-refractivity contribution in [3.63, 3.8) is 0 Å². The van der Waals surface area contributed by atoms with Crippen LogP contribution < -0.4 is 5.32 Å². The molecule has 2 aromatic rings. The van der Waals surface area contributed by atoms with Crippen molar-refractivity contribution >= 4 is 28.8 Å². The van der Waals surface area contributed by atoms with Gasteiger partial charge in [0.05, 0.1) is 23.7 Å². The van der Waals surface area contributed by atoms with Crippen LogP contribution in [0, 0.1) is 19.8 Å². The van der Waals surface area contributed by atoms with Gasteiger partial charge < -0.3 is 15.0 Å². The number of fused-ring (bicyclic) bond motifs is 1. The molecule has 0 bridgehead atoms. The lowest BCUT2D eigenvalue weighted by atomic mass is 9.90. The second-order valence-electron chi connectivity index (χ2n) is 9.74. The molecule has 7 heteroatoms. The molecule has 2 aromatic carbocycles. The molecular weight excluding hydrogens is 470 g/mol. The lowest BCUT2D eigenvalue weighted by molar-refractivity contribution is -0.141. The zero-order valence-electron chi connectivity index (χ0n) is 20.9. The first-order chi connectivity index (χ1) is 17.4. The molecule has 1 N–H and O–H groups in total. The maximum Gasteiger partial charge on any atom is 0.338 e. The minimum atomic E-state index is -0.418. The summed E-state index contributed by atoms with van der Waals surface area (Å²) in [5.74, 6) is 0.223. The van der Waals surface area contributed by atoms with Crippen LogP contribution >= 0.6 is 11.8 Å². The molecular formula is C29H31N3O3S. The third-order valence-electron chi connectivity index (χ3n) is 6.79. The van der Waals surface area contributed by atoms with E-state index in [9.17, 15) is 9.59 Å². The van der Waals surface area contributed by atoms with Crippen LogP contribution in [0.5, 0.6) is 0 Å². The molecule has 5 rings (SSSR count). The molecule has 1 aliphatic carbocycles. The Kier molecular flexibility index (Phi) is 7.01. The largest absolute Gasteiger partial charge is 0.457 e. The zero-order valence-corrected chi connectivity index (χ0v) is 21.7. The van der Waals surface area contributed by atoms with E-state index in [0.717, 1.165) is 39.7 Å². The summed E-state index contributed by atoms with van der Waals surface area (Å²) in [5, 5.41) is 5.83. The summed E-state index contributed by atoms with van der Waals surface area (Å²) in [7, 11) is 0. The van der Waals surface area contributed by atoms with Crippen LogP contribution in [-0.4, -0.2) is 28.5 Å². The number of hydrogen-bond acceptors (Lipinski definition) is 6. The molecule has 1 atom stereocenters. The summed E-state index contributed by atoms with van der Waals surface area (Å²) >= 11 is 1.50. The van der Waals surface area contributed by atoms with Gasteiger partial charge in [0, 0.05) is 12.2 Å². The van der Waals surface area contributed by atoms with Crippen molar-refractivity contribution in [2.75, 3.05) is 6.54 Å². The Morgan fingerprint density at radius 2 is 1.89 bits per heavy atom. The quantitative estimate of drug-likeness (QED) is 0.481. The van der Waals surface area contributed by atoms with Crippen LogP contribution in [0.4, 0.5) is 0 Å². The number of rotatable bonds is 8. The van der Waals surface area contributed by atoms with Crippen LogP contribution in [0.25, 0.3) is 0 Å². The maximum absolute atomic E-state index is 13.6. The van der Waals surface area contributed by atoms with E-state index in [-0.39, 0.29) is 24.9 Å². The minimum absolute atomic E-state index is 0.00538. The van der Waals surface area contributed by atoms with E-state index in [1.54, 1.807) is 0 Å². The number of hydrogen-bond donors (Lipinski definition) is 1. The van der Waals surface area contributed by atoms with Crippen molar-refractivity contribution in [1.29, 1.82) is 0 Å². The highest BCUT2D eigenvalue weighted by Gasteiger charge is 2.41. The lowest BCUT2D eigenvalue weighted by Crippen LogP contribution is -2.38. The van der Waals surface area contributed by atoms with E-state index >= 15 is 0 Å². The Labute approximate surface area is 216 Å². The van der Waals surface area contributed by atoms with Gasteiger partial charge in [0.25, 0.3) is 0 Å². The number of nitrogens with zero attached hydrogens (tertiary/aromatic N) is 2.